The van der Waals surface area contributed by atoms with Crippen LogP contribution in [0.15, 0.2) is 52.9 Å². The van der Waals surface area contributed by atoms with E-state index in [-0.39, 0.29) is 0 Å². The molecule has 3 nitrogen and oxygen atoms in total. The molecule has 0 spiro atoms. The van der Waals surface area contributed by atoms with Gasteiger partial charge in [0.1, 0.15) is 0 Å². The van der Waals surface area contributed by atoms with Gasteiger partial charge in [-0.15, -0.1) is 11.3 Å². The van der Waals surface area contributed by atoms with Gasteiger partial charge in [-0.1, -0.05) is 55.0 Å². The Hall–Kier alpha value is -2.46. The number of hydrogen-bond donors (Lipinski definition) is 1. The van der Waals surface area contributed by atoms with Gasteiger partial charge in [-0.2, -0.15) is 5.10 Å². The largest absolute Gasteiger partial charge is 0.252 e. The minimum atomic E-state index is 0.805. The van der Waals surface area contributed by atoms with Crippen molar-refractivity contribution in [3.63, 3.8) is 0 Å². The van der Waals surface area contributed by atoms with Gasteiger partial charge in [0, 0.05) is 10.9 Å². The highest BCUT2D eigenvalue weighted by molar-refractivity contribution is 7.14. The summed E-state index contributed by atoms with van der Waals surface area (Å²) in [4.78, 5) is 4.66. The Morgan fingerprint density at radius 2 is 1.88 bits per heavy atom. The molecule has 128 valence electrons. The number of hydrazone groups is 1. The minimum Gasteiger partial charge on any atom is -0.252 e. The van der Waals surface area contributed by atoms with Gasteiger partial charge < -0.3 is 0 Å². The van der Waals surface area contributed by atoms with Crippen molar-refractivity contribution in [1.82, 2.24) is 4.98 Å². The third-order valence-electron chi connectivity index (χ3n) is 4.26. The fraction of sp³-hybridized carbons (Fsp3) is 0.238. The van der Waals surface area contributed by atoms with Crippen LogP contribution in [0.1, 0.15) is 36.1 Å². The summed E-state index contributed by atoms with van der Waals surface area (Å²) in [5, 5.41) is 7.35. The lowest BCUT2D eigenvalue weighted by atomic mass is 10.0. The highest BCUT2D eigenvalue weighted by Crippen LogP contribution is 2.28. The molecule has 0 saturated carbocycles. The van der Waals surface area contributed by atoms with Crippen molar-refractivity contribution in [1.29, 1.82) is 0 Å². The third kappa shape index (κ3) is 4.15. The molecular formula is C21H23N3S. The fourth-order valence-electron chi connectivity index (χ4n) is 2.73. The van der Waals surface area contributed by atoms with Crippen LogP contribution in [0, 0.1) is 13.8 Å². The van der Waals surface area contributed by atoms with E-state index in [1.54, 1.807) is 11.3 Å². The molecule has 0 aliphatic rings. The zero-order valence-corrected chi connectivity index (χ0v) is 15.9. The molecule has 3 rings (SSSR count). The van der Waals surface area contributed by atoms with E-state index in [1.165, 1.54) is 22.3 Å². The summed E-state index contributed by atoms with van der Waals surface area (Å²) >= 11 is 1.57. The van der Waals surface area contributed by atoms with Crippen molar-refractivity contribution in [2.24, 2.45) is 5.10 Å². The van der Waals surface area contributed by atoms with Crippen molar-refractivity contribution in [3.05, 3.63) is 70.1 Å². The van der Waals surface area contributed by atoms with E-state index in [9.17, 15) is 0 Å². The number of thiazole rings is 1. The van der Waals surface area contributed by atoms with Crippen LogP contribution in [0.2, 0.25) is 0 Å². The molecular weight excluding hydrogens is 326 g/mol. The Labute approximate surface area is 153 Å². The van der Waals surface area contributed by atoms with E-state index in [0.717, 1.165) is 28.5 Å². The first-order valence-electron chi connectivity index (χ1n) is 8.49. The van der Waals surface area contributed by atoms with Gasteiger partial charge in [-0.3, -0.25) is 5.43 Å². The Morgan fingerprint density at radius 3 is 2.56 bits per heavy atom. The number of rotatable bonds is 5. The Morgan fingerprint density at radius 1 is 1.12 bits per heavy atom. The van der Waals surface area contributed by atoms with E-state index >= 15 is 0 Å². The van der Waals surface area contributed by atoms with Crippen LogP contribution < -0.4 is 5.43 Å². The maximum atomic E-state index is 4.66. The second-order valence-corrected chi connectivity index (χ2v) is 7.07. The number of anilines is 1. The van der Waals surface area contributed by atoms with Crippen LogP contribution in [0.25, 0.3) is 11.3 Å². The lowest BCUT2D eigenvalue weighted by Gasteiger charge is -2.04. The predicted molar refractivity (Wildman–Crippen MR) is 109 cm³/mol. The van der Waals surface area contributed by atoms with Crippen molar-refractivity contribution in [3.8, 4) is 11.3 Å². The first-order valence-corrected chi connectivity index (χ1v) is 9.37. The quantitative estimate of drug-likeness (QED) is 0.465. The standard InChI is InChI=1S/C21H23N3S/c1-5-17-7-9-18(10-8-17)16(4)23-24-21-22-20(13-25-21)19-11-6-14(2)12-15(19)3/h6-13H,5H2,1-4H3,(H,22,24). The summed E-state index contributed by atoms with van der Waals surface area (Å²) in [6.45, 7) is 8.40. The van der Waals surface area contributed by atoms with Crippen molar-refractivity contribution >= 4 is 22.2 Å². The first kappa shape index (κ1) is 17.4. The monoisotopic (exact) mass is 349 g/mol. The molecule has 1 N–H and O–H groups in total. The van der Waals surface area contributed by atoms with Crippen molar-refractivity contribution < 1.29 is 0 Å². The molecule has 0 aliphatic carbocycles. The predicted octanol–water partition coefficient (Wildman–Crippen LogP) is 5.83. The maximum absolute atomic E-state index is 4.66. The average molecular weight is 350 g/mol. The number of nitrogens with one attached hydrogen (secondary N) is 1. The average Bonchev–Trinajstić information content (AvgIpc) is 3.08. The Balaban J connectivity index is 1.74. The van der Waals surface area contributed by atoms with Gasteiger partial charge in [0.25, 0.3) is 0 Å². The summed E-state index contributed by atoms with van der Waals surface area (Å²) in [5.74, 6) is 0. The number of nitrogens with zero attached hydrogens (tertiary/aromatic N) is 2. The minimum absolute atomic E-state index is 0.805. The molecule has 1 heterocycles. The van der Waals surface area contributed by atoms with E-state index in [4.69, 9.17) is 0 Å². The SMILES string of the molecule is CCc1ccc(C(C)=NNc2nc(-c3ccc(C)cc3C)cs2)cc1. The van der Waals surface area contributed by atoms with E-state index < -0.39 is 0 Å². The third-order valence-corrected chi connectivity index (χ3v) is 5.01. The lowest BCUT2D eigenvalue weighted by Crippen LogP contribution is -1.99. The summed E-state index contributed by atoms with van der Waals surface area (Å²) in [6.07, 6.45) is 1.05. The molecule has 4 heteroatoms. The molecule has 0 saturated heterocycles. The molecule has 0 unspecified atom stereocenters. The summed E-state index contributed by atoms with van der Waals surface area (Å²) in [5.41, 5.74) is 11.2. The molecule has 0 amide bonds. The Bertz CT molecular complexity index is 892. The number of aryl methyl sites for hydroxylation is 3. The molecule has 0 bridgehead atoms. The van der Waals surface area contributed by atoms with Crippen molar-refractivity contribution in [2.45, 2.75) is 34.1 Å². The van der Waals surface area contributed by atoms with Gasteiger partial charge in [0.2, 0.25) is 5.13 Å². The second-order valence-electron chi connectivity index (χ2n) is 6.22. The molecule has 0 radical (unpaired) electrons. The molecule has 0 fully saturated rings. The zero-order valence-electron chi connectivity index (χ0n) is 15.1. The van der Waals surface area contributed by atoms with Gasteiger partial charge in [-0.25, -0.2) is 4.98 Å². The fourth-order valence-corrected chi connectivity index (χ4v) is 3.38. The Kier molecular flexibility index (Phi) is 5.29. The number of hydrogen-bond acceptors (Lipinski definition) is 4. The van der Waals surface area contributed by atoms with Gasteiger partial charge in [0.15, 0.2) is 0 Å². The highest BCUT2D eigenvalue weighted by atomic mass is 32.1. The molecule has 2 aromatic carbocycles. The van der Waals surface area contributed by atoms with Crippen molar-refractivity contribution in [2.75, 3.05) is 5.43 Å². The van der Waals surface area contributed by atoms with Crippen LogP contribution in [0.3, 0.4) is 0 Å². The molecule has 0 atom stereocenters. The van der Waals surface area contributed by atoms with Crippen LogP contribution in [0.4, 0.5) is 5.13 Å². The van der Waals surface area contributed by atoms with Crippen LogP contribution in [0.5, 0.6) is 0 Å². The van der Waals surface area contributed by atoms with E-state index in [2.05, 4.69) is 84.1 Å². The number of benzene rings is 2. The van der Waals surface area contributed by atoms with E-state index in [0.29, 0.717) is 0 Å². The van der Waals surface area contributed by atoms with Gasteiger partial charge in [0.05, 0.1) is 11.4 Å². The van der Waals surface area contributed by atoms with Crippen LogP contribution in [-0.2, 0) is 6.42 Å². The summed E-state index contributed by atoms with van der Waals surface area (Å²) in [6, 6.07) is 15.0. The molecule has 1 aromatic heterocycles. The maximum Gasteiger partial charge on any atom is 0.203 e. The van der Waals surface area contributed by atoms with Gasteiger partial charge in [-0.05, 0) is 43.9 Å². The summed E-state index contributed by atoms with van der Waals surface area (Å²) < 4.78 is 0. The van der Waals surface area contributed by atoms with Gasteiger partial charge >= 0.3 is 0 Å². The highest BCUT2D eigenvalue weighted by Gasteiger charge is 2.07. The van der Waals surface area contributed by atoms with Crippen LogP contribution in [-0.4, -0.2) is 10.7 Å². The summed E-state index contributed by atoms with van der Waals surface area (Å²) in [7, 11) is 0. The lowest BCUT2D eigenvalue weighted by molar-refractivity contribution is 1.14. The zero-order chi connectivity index (χ0) is 17.8. The molecule has 3 aromatic rings. The molecule has 0 aliphatic heterocycles. The topological polar surface area (TPSA) is 37.3 Å². The first-order chi connectivity index (χ1) is 12.1. The van der Waals surface area contributed by atoms with Crippen LogP contribution >= 0.6 is 11.3 Å². The number of aromatic nitrogens is 1. The second kappa shape index (κ2) is 7.62. The molecule has 25 heavy (non-hydrogen) atoms. The van der Waals surface area contributed by atoms with E-state index in [1.807, 2.05) is 6.92 Å². The smallest absolute Gasteiger partial charge is 0.203 e. The normalized spacial score (nSPS) is 11.6.